The molecule has 2 aromatic rings. The Bertz CT molecular complexity index is 822. The fourth-order valence-electron chi connectivity index (χ4n) is 2.94. The van der Waals surface area contributed by atoms with Gasteiger partial charge in [0.25, 0.3) is 0 Å². The number of nitrogens with one attached hydrogen (secondary N) is 1. The molecule has 2 amide bonds. The van der Waals surface area contributed by atoms with E-state index < -0.39 is 11.7 Å². The molecule has 1 N–H and O–H groups in total. The van der Waals surface area contributed by atoms with Gasteiger partial charge >= 0.3 is 0 Å². The molecule has 0 aliphatic carbocycles. The molecule has 1 heterocycles. The standard InChI is InChI=1S/C19H19FN2O3/c1-12-6-7-17(25-2)16(8-12)22-11-13(9-18(22)23)19(24)21-15-5-3-4-14(20)10-15/h3-8,10,13H,9,11H2,1-2H3,(H,21,24). The SMILES string of the molecule is COc1ccc(C)cc1N1CC(C(=O)Nc2cccc(F)c2)CC1=O. The molecule has 0 spiro atoms. The predicted molar refractivity (Wildman–Crippen MR) is 93.2 cm³/mol. The number of hydrogen-bond acceptors (Lipinski definition) is 3. The number of benzene rings is 2. The fourth-order valence-corrected chi connectivity index (χ4v) is 2.94. The maximum absolute atomic E-state index is 13.2. The summed E-state index contributed by atoms with van der Waals surface area (Å²) < 4.78 is 18.6. The van der Waals surface area contributed by atoms with Crippen molar-refractivity contribution < 1.29 is 18.7 Å². The molecule has 1 unspecified atom stereocenters. The molecule has 1 aliphatic heterocycles. The molecule has 1 saturated heterocycles. The minimum absolute atomic E-state index is 0.109. The molecular weight excluding hydrogens is 323 g/mol. The number of methoxy groups -OCH3 is 1. The summed E-state index contributed by atoms with van der Waals surface area (Å²) in [5, 5.41) is 2.67. The van der Waals surface area contributed by atoms with E-state index in [1.165, 1.54) is 18.2 Å². The molecule has 130 valence electrons. The molecule has 5 nitrogen and oxygen atoms in total. The number of nitrogens with zero attached hydrogens (tertiary/aromatic N) is 1. The highest BCUT2D eigenvalue weighted by molar-refractivity contribution is 6.04. The van der Waals surface area contributed by atoms with Crippen LogP contribution in [0, 0.1) is 18.7 Å². The molecule has 6 heteroatoms. The second-order valence-corrected chi connectivity index (χ2v) is 6.08. The lowest BCUT2D eigenvalue weighted by molar-refractivity contribution is -0.122. The first-order valence-corrected chi connectivity index (χ1v) is 7.99. The zero-order valence-corrected chi connectivity index (χ0v) is 14.1. The van der Waals surface area contributed by atoms with Crippen LogP contribution < -0.4 is 15.0 Å². The van der Waals surface area contributed by atoms with E-state index in [4.69, 9.17) is 4.74 Å². The summed E-state index contributed by atoms with van der Waals surface area (Å²) >= 11 is 0. The van der Waals surface area contributed by atoms with Gasteiger partial charge in [0.05, 0.1) is 18.7 Å². The highest BCUT2D eigenvalue weighted by Gasteiger charge is 2.36. The van der Waals surface area contributed by atoms with Crippen LogP contribution in [0.25, 0.3) is 0 Å². The molecule has 0 saturated carbocycles. The average molecular weight is 342 g/mol. The summed E-state index contributed by atoms with van der Waals surface area (Å²) in [5.41, 5.74) is 2.04. The van der Waals surface area contributed by atoms with Crippen LogP contribution in [-0.4, -0.2) is 25.5 Å². The number of rotatable bonds is 4. The van der Waals surface area contributed by atoms with Crippen molar-refractivity contribution >= 4 is 23.2 Å². The zero-order chi connectivity index (χ0) is 18.0. The minimum atomic E-state index is -0.499. The number of hydrogen-bond donors (Lipinski definition) is 1. The van der Waals surface area contributed by atoms with Crippen LogP contribution in [0.4, 0.5) is 15.8 Å². The van der Waals surface area contributed by atoms with E-state index in [0.29, 0.717) is 17.1 Å². The summed E-state index contributed by atoms with van der Waals surface area (Å²) in [6, 6.07) is 11.3. The van der Waals surface area contributed by atoms with Gasteiger partial charge in [0.2, 0.25) is 11.8 Å². The van der Waals surface area contributed by atoms with Gasteiger partial charge in [-0.3, -0.25) is 9.59 Å². The highest BCUT2D eigenvalue weighted by Crippen LogP contribution is 2.34. The molecule has 25 heavy (non-hydrogen) atoms. The van der Waals surface area contributed by atoms with E-state index in [9.17, 15) is 14.0 Å². The molecule has 2 aromatic carbocycles. The minimum Gasteiger partial charge on any atom is -0.495 e. The maximum Gasteiger partial charge on any atom is 0.229 e. The summed E-state index contributed by atoms with van der Waals surface area (Å²) in [5.74, 6) is -0.770. The highest BCUT2D eigenvalue weighted by atomic mass is 19.1. The number of anilines is 2. The molecular formula is C19H19FN2O3. The van der Waals surface area contributed by atoms with E-state index in [1.807, 2.05) is 19.1 Å². The van der Waals surface area contributed by atoms with Crippen LogP contribution in [0.3, 0.4) is 0 Å². The lowest BCUT2D eigenvalue weighted by atomic mass is 10.1. The largest absolute Gasteiger partial charge is 0.495 e. The van der Waals surface area contributed by atoms with Crippen molar-refractivity contribution in [2.45, 2.75) is 13.3 Å². The number of halogens is 1. The normalized spacial score (nSPS) is 16.8. The monoisotopic (exact) mass is 342 g/mol. The Morgan fingerprint density at radius 2 is 2.08 bits per heavy atom. The van der Waals surface area contributed by atoms with Crippen LogP contribution in [-0.2, 0) is 9.59 Å². The lowest BCUT2D eigenvalue weighted by Gasteiger charge is -2.20. The molecule has 3 rings (SSSR count). The van der Waals surface area contributed by atoms with Crippen LogP contribution in [0.1, 0.15) is 12.0 Å². The van der Waals surface area contributed by atoms with Gasteiger partial charge in [-0.05, 0) is 42.8 Å². The van der Waals surface area contributed by atoms with Gasteiger partial charge in [-0.2, -0.15) is 0 Å². The molecule has 1 fully saturated rings. The van der Waals surface area contributed by atoms with Gasteiger partial charge in [-0.1, -0.05) is 12.1 Å². The number of carbonyl (C=O) groups excluding carboxylic acids is 2. The summed E-state index contributed by atoms with van der Waals surface area (Å²) in [6.07, 6.45) is 0.109. The first kappa shape index (κ1) is 17.0. The zero-order valence-electron chi connectivity index (χ0n) is 14.1. The Kier molecular flexibility index (Phi) is 4.70. The molecule has 1 atom stereocenters. The van der Waals surface area contributed by atoms with Gasteiger partial charge in [-0.15, -0.1) is 0 Å². The maximum atomic E-state index is 13.2. The summed E-state index contributed by atoms with van der Waals surface area (Å²) in [4.78, 5) is 26.4. The van der Waals surface area contributed by atoms with Crippen molar-refractivity contribution in [1.82, 2.24) is 0 Å². The van der Waals surface area contributed by atoms with Crippen LogP contribution in [0.15, 0.2) is 42.5 Å². The lowest BCUT2D eigenvalue weighted by Crippen LogP contribution is -2.28. The molecule has 1 aliphatic rings. The molecule has 0 radical (unpaired) electrons. The van der Waals surface area contributed by atoms with Gasteiger partial charge in [0, 0.05) is 18.7 Å². The smallest absolute Gasteiger partial charge is 0.229 e. The van der Waals surface area contributed by atoms with Gasteiger partial charge in [-0.25, -0.2) is 4.39 Å². The number of ether oxygens (including phenoxy) is 1. The number of carbonyl (C=O) groups is 2. The average Bonchev–Trinajstić information content (AvgIpc) is 2.96. The van der Waals surface area contributed by atoms with Crippen molar-refractivity contribution in [1.29, 1.82) is 0 Å². The Morgan fingerprint density at radius 3 is 2.80 bits per heavy atom. The van der Waals surface area contributed by atoms with Gasteiger partial charge in [0.15, 0.2) is 0 Å². The van der Waals surface area contributed by atoms with E-state index in [0.717, 1.165) is 5.56 Å². The van der Waals surface area contributed by atoms with Crippen LogP contribution in [0.2, 0.25) is 0 Å². The predicted octanol–water partition coefficient (Wildman–Crippen LogP) is 3.13. The second-order valence-electron chi connectivity index (χ2n) is 6.08. The van der Waals surface area contributed by atoms with E-state index >= 15 is 0 Å². The number of amides is 2. The van der Waals surface area contributed by atoms with Gasteiger partial charge < -0.3 is 15.0 Å². The third-order valence-electron chi connectivity index (χ3n) is 4.21. The van der Waals surface area contributed by atoms with Gasteiger partial charge in [0.1, 0.15) is 11.6 Å². The molecule has 0 aromatic heterocycles. The Balaban J connectivity index is 1.76. The first-order valence-electron chi connectivity index (χ1n) is 7.99. The fraction of sp³-hybridized carbons (Fsp3) is 0.263. The Labute approximate surface area is 145 Å². The number of aryl methyl sites for hydroxylation is 1. The molecule has 0 bridgehead atoms. The van der Waals surface area contributed by atoms with E-state index in [-0.39, 0.29) is 24.8 Å². The quantitative estimate of drug-likeness (QED) is 0.929. The summed E-state index contributed by atoms with van der Waals surface area (Å²) in [7, 11) is 1.54. The third kappa shape index (κ3) is 3.63. The van der Waals surface area contributed by atoms with E-state index in [1.54, 1.807) is 24.1 Å². The Morgan fingerprint density at radius 1 is 1.28 bits per heavy atom. The van der Waals surface area contributed by atoms with Crippen LogP contribution in [0.5, 0.6) is 5.75 Å². The Hall–Kier alpha value is -2.89. The summed E-state index contributed by atoms with van der Waals surface area (Å²) in [6.45, 7) is 2.19. The van der Waals surface area contributed by atoms with Crippen LogP contribution >= 0.6 is 0 Å². The van der Waals surface area contributed by atoms with Crippen molar-refractivity contribution in [3.05, 3.63) is 53.8 Å². The van der Waals surface area contributed by atoms with Crippen molar-refractivity contribution in [2.24, 2.45) is 5.92 Å². The third-order valence-corrected chi connectivity index (χ3v) is 4.21. The van der Waals surface area contributed by atoms with Crippen molar-refractivity contribution in [3.8, 4) is 5.75 Å². The topological polar surface area (TPSA) is 58.6 Å². The van der Waals surface area contributed by atoms with E-state index in [2.05, 4.69) is 5.32 Å². The second kappa shape index (κ2) is 6.93. The van der Waals surface area contributed by atoms with Crippen molar-refractivity contribution in [3.63, 3.8) is 0 Å². The van der Waals surface area contributed by atoms with Crippen molar-refractivity contribution in [2.75, 3.05) is 23.9 Å². The first-order chi connectivity index (χ1) is 12.0.